The van der Waals surface area contributed by atoms with E-state index in [1.165, 1.54) is 32.1 Å². The summed E-state index contributed by atoms with van der Waals surface area (Å²) in [6, 6.07) is 3.27. The van der Waals surface area contributed by atoms with Crippen LogP contribution >= 0.6 is 0 Å². The highest BCUT2D eigenvalue weighted by atomic mass is 16.2. The number of likely N-dealkylation sites (tertiary alicyclic amines) is 2. The zero-order valence-electron chi connectivity index (χ0n) is 23.5. The average molecular weight is 514 g/mol. The van der Waals surface area contributed by atoms with Gasteiger partial charge in [-0.3, -0.25) is 4.90 Å². The Morgan fingerprint density at radius 3 is 2.32 bits per heavy atom. The number of urea groups is 1. The first kappa shape index (κ1) is 27.9. The molecule has 0 aliphatic carbocycles. The van der Waals surface area contributed by atoms with Gasteiger partial charge in [-0.1, -0.05) is 39.5 Å². The van der Waals surface area contributed by atoms with Gasteiger partial charge in [0.1, 0.15) is 5.82 Å². The van der Waals surface area contributed by atoms with E-state index in [-0.39, 0.29) is 6.03 Å². The quantitative estimate of drug-likeness (QED) is 0.463. The van der Waals surface area contributed by atoms with Gasteiger partial charge in [0.05, 0.1) is 0 Å². The SMILES string of the molecule is CCCCN(CCCC)C(=O)N1CCC(N2CCCC(Nc3nccc(N4CCCCCC4)n3)C2)CC1. The Balaban J connectivity index is 1.26. The Bertz CT molecular complexity index is 797. The molecule has 0 bridgehead atoms. The van der Waals surface area contributed by atoms with Crippen LogP contribution in [0.4, 0.5) is 16.6 Å². The van der Waals surface area contributed by atoms with Crippen LogP contribution in [0.3, 0.4) is 0 Å². The summed E-state index contributed by atoms with van der Waals surface area (Å²) >= 11 is 0. The van der Waals surface area contributed by atoms with Crippen molar-refractivity contribution in [2.45, 2.75) is 103 Å². The molecule has 37 heavy (non-hydrogen) atoms. The molecule has 2 amide bonds. The predicted molar refractivity (Wildman–Crippen MR) is 152 cm³/mol. The molecule has 1 aromatic heterocycles. The van der Waals surface area contributed by atoms with Crippen molar-refractivity contribution in [3.63, 3.8) is 0 Å². The van der Waals surface area contributed by atoms with Gasteiger partial charge < -0.3 is 20.0 Å². The van der Waals surface area contributed by atoms with Gasteiger partial charge in [0.25, 0.3) is 0 Å². The minimum atomic E-state index is 0.264. The molecule has 8 heteroatoms. The molecule has 0 radical (unpaired) electrons. The molecule has 0 aromatic carbocycles. The molecule has 1 aromatic rings. The molecular weight excluding hydrogens is 462 g/mol. The van der Waals surface area contributed by atoms with Gasteiger partial charge in [-0.05, 0) is 64.0 Å². The Hall–Kier alpha value is -2.09. The standard InChI is InChI=1S/C29H51N7O/c1-3-5-17-34(18-6-4-2)29(37)35-22-14-26(15-23-35)36-21-11-12-25(24-36)31-28-30-16-13-27(32-28)33-19-9-7-8-10-20-33/h13,16,25-26H,3-12,14-15,17-24H2,1-2H3,(H,30,31,32). The van der Waals surface area contributed by atoms with Crippen LogP contribution in [-0.2, 0) is 0 Å². The summed E-state index contributed by atoms with van der Waals surface area (Å²) in [6.07, 6.45) is 16.1. The molecule has 8 nitrogen and oxygen atoms in total. The predicted octanol–water partition coefficient (Wildman–Crippen LogP) is 5.22. The number of piperidine rings is 2. The minimum Gasteiger partial charge on any atom is -0.356 e. The van der Waals surface area contributed by atoms with Gasteiger partial charge in [-0.15, -0.1) is 0 Å². The molecule has 3 aliphatic rings. The summed E-state index contributed by atoms with van der Waals surface area (Å²) in [7, 11) is 0. The Morgan fingerprint density at radius 1 is 0.946 bits per heavy atom. The third-order valence-electron chi connectivity index (χ3n) is 8.44. The molecule has 1 unspecified atom stereocenters. The van der Waals surface area contributed by atoms with Gasteiger partial charge in [0, 0.05) is 64.1 Å². The van der Waals surface area contributed by atoms with Gasteiger partial charge in [0.2, 0.25) is 5.95 Å². The number of nitrogens with zero attached hydrogens (tertiary/aromatic N) is 6. The lowest BCUT2D eigenvalue weighted by Crippen LogP contribution is -2.53. The molecule has 3 saturated heterocycles. The Morgan fingerprint density at radius 2 is 1.65 bits per heavy atom. The summed E-state index contributed by atoms with van der Waals surface area (Å²) in [5.74, 6) is 1.84. The molecule has 0 saturated carbocycles. The van der Waals surface area contributed by atoms with Crippen LogP contribution in [-0.4, -0.2) is 95.1 Å². The Labute approximate surface area is 225 Å². The van der Waals surface area contributed by atoms with Gasteiger partial charge in [0.15, 0.2) is 0 Å². The molecule has 3 fully saturated rings. The van der Waals surface area contributed by atoms with E-state index in [9.17, 15) is 4.79 Å². The number of amides is 2. The zero-order chi connectivity index (χ0) is 25.9. The summed E-state index contributed by atoms with van der Waals surface area (Å²) < 4.78 is 0. The molecule has 3 aliphatic heterocycles. The van der Waals surface area contributed by atoms with Crippen LogP contribution in [0.1, 0.15) is 90.9 Å². The lowest BCUT2D eigenvalue weighted by atomic mass is 9.98. The van der Waals surface area contributed by atoms with Crippen molar-refractivity contribution >= 4 is 17.8 Å². The number of rotatable bonds is 10. The van der Waals surface area contributed by atoms with Gasteiger partial charge in [-0.2, -0.15) is 4.98 Å². The van der Waals surface area contributed by atoms with Crippen molar-refractivity contribution < 1.29 is 4.79 Å². The number of unbranched alkanes of at least 4 members (excludes halogenated alkanes) is 2. The smallest absolute Gasteiger partial charge is 0.319 e. The highest BCUT2D eigenvalue weighted by molar-refractivity contribution is 5.74. The number of carbonyl (C=O) groups is 1. The van der Waals surface area contributed by atoms with Crippen molar-refractivity contribution in [3.05, 3.63) is 12.3 Å². The van der Waals surface area contributed by atoms with E-state index in [4.69, 9.17) is 4.98 Å². The maximum absolute atomic E-state index is 13.2. The van der Waals surface area contributed by atoms with Crippen molar-refractivity contribution in [2.24, 2.45) is 0 Å². The highest BCUT2D eigenvalue weighted by Crippen LogP contribution is 2.24. The first-order valence-electron chi connectivity index (χ1n) is 15.3. The number of hydrogen-bond donors (Lipinski definition) is 1. The van der Waals surface area contributed by atoms with E-state index >= 15 is 0 Å². The zero-order valence-corrected chi connectivity index (χ0v) is 23.5. The van der Waals surface area contributed by atoms with Crippen molar-refractivity contribution in [2.75, 3.05) is 62.6 Å². The second kappa shape index (κ2) is 14.7. The molecule has 208 valence electrons. The summed E-state index contributed by atoms with van der Waals surface area (Å²) in [6.45, 7) is 12.4. The molecule has 4 heterocycles. The Kier molecular flexibility index (Phi) is 11.1. The topological polar surface area (TPSA) is 67.8 Å². The van der Waals surface area contributed by atoms with Crippen LogP contribution < -0.4 is 10.2 Å². The fourth-order valence-electron chi connectivity index (χ4n) is 6.16. The fourth-order valence-corrected chi connectivity index (χ4v) is 6.16. The van der Waals surface area contributed by atoms with E-state index in [0.717, 1.165) is 109 Å². The maximum Gasteiger partial charge on any atom is 0.319 e. The second-order valence-electron chi connectivity index (χ2n) is 11.3. The molecule has 1 N–H and O–H groups in total. The van der Waals surface area contributed by atoms with Crippen LogP contribution in [0.15, 0.2) is 12.3 Å². The van der Waals surface area contributed by atoms with Crippen LogP contribution in [0.25, 0.3) is 0 Å². The number of anilines is 2. The largest absolute Gasteiger partial charge is 0.356 e. The van der Waals surface area contributed by atoms with Gasteiger partial charge in [-0.25, -0.2) is 9.78 Å². The first-order valence-corrected chi connectivity index (χ1v) is 15.3. The third kappa shape index (κ3) is 8.20. The number of nitrogens with one attached hydrogen (secondary N) is 1. The number of carbonyl (C=O) groups excluding carboxylic acids is 1. The number of hydrogen-bond acceptors (Lipinski definition) is 6. The normalized spacial score (nSPS) is 22.1. The minimum absolute atomic E-state index is 0.264. The van der Waals surface area contributed by atoms with Crippen molar-refractivity contribution in [3.8, 4) is 0 Å². The van der Waals surface area contributed by atoms with Crippen LogP contribution in [0.2, 0.25) is 0 Å². The van der Waals surface area contributed by atoms with E-state index in [1.54, 1.807) is 0 Å². The average Bonchev–Trinajstić information content (AvgIpc) is 3.23. The van der Waals surface area contributed by atoms with E-state index in [1.807, 2.05) is 6.20 Å². The van der Waals surface area contributed by atoms with Crippen LogP contribution in [0, 0.1) is 0 Å². The molecule has 0 spiro atoms. The van der Waals surface area contributed by atoms with Gasteiger partial charge >= 0.3 is 6.03 Å². The summed E-state index contributed by atoms with van der Waals surface area (Å²) in [5, 5.41) is 3.66. The van der Waals surface area contributed by atoms with E-state index in [2.05, 4.69) is 49.8 Å². The number of aromatic nitrogens is 2. The van der Waals surface area contributed by atoms with Crippen LogP contribution in [0.5, 0.6) is 0 Å². The lowest BCUT2D eigenvalue weighted by molar-refractivity contribution is 0.0855. The summed E-state index contributed by atoms with van der Waals surface area (Å²) in [5.41, 5.74) is 0. The molecular formula is C29H51N7O. The second-order valence-corrected chi connectivity index (χ2v) is 11.3. The monoisotopic (exact) mass is 513 g/mol. The maximum atomic E-state index is 13.2. The fraction of sp³-hybridized carbons (Fsp3) is 0.828. The third-order valence-corrected chi connectivity index (χ3v) is 8.44. The summed E-state index contributed by atoms with van der Waals surface area (Å²) in [4.78, 5) is 32.0. The van der Waals surface area contributed by atoms with E-state index in [0.29, 0.717) is 12.1 Å². The first-order chi connectivity index (χ1) is 18.2. The lowest BCUT2D eigenvalue weighted by Gasteiger charge is -2.43. The van der Waals surface area contributed by atoms with Crippen molar-refractivity contribution in [1.82, 2.24) is 24.7 Å². The van der Waals surface area contributed by atoms with Crippen molar-refractivity contribution in [1.29, 1.82) is 0 Å². The molecule has 1 atom stereocenters. The highest BCUT2D eigenvalue weighted by Gasteiger charge is 2.31. The van der Waals surface area contributed by atoms with E-state index < -0.39 is 0 Å². The molecule has 4 rings (SSSR count).